The minimum Gasteiger partial charge on any atom is -0.378 e. The van der Waals surface area contributed by atoms with Crippen LogP contribution in [0.3, 0.4) is 0 Å². The third kappa shape index (κ3) is 5.31. The molecule has 0 spiro atoms. The van der Waals surface area contributed by atoms with E-state index in [1.54, 1.807) is 19.2 Å². The van der Waals surface area contributed by atoms with Crippen LogP contribution in [0, 0.1) is 0 Å². The summed E-state index contributed by atoms with van der Waals surface area (Å²) in [6, 6.07) is 8.65. The van der Waals surface area contributed by atoms with Crippen LogP contribution in [0.5, 0.6) is 0 Å². The third-order valence-electron chi connectivity index (χ3n) is 4.31. The summed E-state index contributed by atoms with van der Waals surface area (Å²) in [5, 5.41) is 3.43. The molecule has 0 radical (unpaired) electrons. The number of rotatable bonds is 7. The van der Waals surface area contributed by atoms with Crippen molar-refractivity contribution >= 4 is 23.5 Å². The molecule has 3 rings (SSSR count). The van der Waals surface area contributed by atoms with Crippen LogP contribution in [-0.2, 0) is 34.0 Å². The highest BCUT2D eigenvalue weighted by Gasteiger charge is 2.20. The van der Waals surface area contributed by atoms with Gasteiger partial charge in [0, 0.05) is 37.8 Å². The SMILES string of the molecule is COCc1cc(=O)n(CC(=O)NCc2cccc(Cl)c2)c(N2CCOCC2)n1. The summed E-state index contributed by atoms with van der Waals surface area (Å²) in [5.74, 6) is 0.179. The van der Waals surface area contributed by atoms with Gasteiger partial charge in [-0.1, -0.05) is 23.7 Å². The summed E-state index contributed by atoms with van der Waals surface area (Å²) in [5.41, 5.74) is 1.13. The minimum absolute atomic E-state index is 0.119. The average Bonchev–Trinajstić information content (AvgIpc) is 2.69. The van der Waals surface area contributed by atoms with E-state index in [4.69, 9.17) is 21.1 Å². The molecule has 1 aliphatic heterocycles. The van der Waals surface area contributed by atoms with Gasteiger partial charge in [0.05, 0.1) is 25.5 Å². The molecule has 1 aromatic heterocycles. The first-order valence-electron chi connectivity index (χ1n) is 9.00. The molecule has 0 aliphatic carbocycles. The lowest BCUT2D eigenvalue weighted by molar-refractivity contribution is -0.121. The highest BCUT2D eigenvalue weighted by Crippen LogP contribution is 2.13. The number of ether oxygens (including phenoxy) is 2. The van der Waals surface area contributed by atoms with Crippen molar-refractivity contribution < 1.29 is 14.3 Å². The number of hydrogen-bond donors (Lipinski definition) is 1. The first-order chi connectivity index (χ1) is 13.6. The van der Waals surface area contributed by atoms with Crippen LogP contribution in [0.4, 0.5) is 5.95 Å². The molecule has 2 aromatic rings. The number of aromatic nitrogens is 2. The Morgan fingerprint density at radius 2 is 2.11 bits per heavy atom. The second-order valence-corrected chi connectivity index (χ2v) is 6.85. The Morgan fingerprint density at radius 1 is 1.32 bits per heavy atom. The summed E-state index contributed by atoms with van der Waals surface area (Å²) >= 11 is 5.97. The lowest BCUT2D eigenvalue weighted by Crippen LogP contribution is -2.42. The molecule has 9 heteroatoms. The van der Waals surface area contributed by atoms with Gasteiger partial charge in [-0.05, 0) is 17.7 Å². The fourth-order valence-electron chi connectivity index (χ4n) is 2.96. The number of halogens is 1. The fourth-order valence-corrected chi connectivity index (χ4v) is 3.18. The standard InChI is InChI=1S/C19H23ClN4O4/c1-27-13-16-10-18(26)24(19(22-16)23-5-7-28-8-6-23)12-17(25)21-11-14-3-2-4-15(20)9-14/h2-4,9-10H,5-8,11-13H2,1H3,(H,21,25). The van der Waals surface area contributed by atoms with Gasteiger partial charge in [0.15, 0.2) is 0 Å². The number of hydrogen-bond acceptors (Lipinski definition) is 6. The number of amides is 1. The van der Waals surface area contributed by atoms with Crippen LogP contribution in [0.1, 0.15) is 11.3 Å². The Morgan fingerprint density at radius 3 is 2.82 bits per heavy atom. The van der Waals surface area contributed by atoms with Crippen molar-refractivity contribution in [2.24, 2.45) is 0 Å². The highest BCUT2D eigenvalue weighted by molar-refractivity contribution is 6.30. The molecule has 1 aromatic carbocycles. The van der Waals surface area contributed by atoms with Crippen LogP contribution in [0.15, 0.2) is 35.1 Å². The molecule has 1 amide bonds. The molecular weight excluding hydrogens is 384 g/mol. The molecule has 0 bridgehead atoms. The Kier molecular flexibility index (Phi) is 7.02. The van der Waals surface area contributed by atoms with Crippen molar-refractivity contribution in [2.45, 2.75) is 19.7 Å². The minimum atomic E-state index is -0.290. The van der Waals surface area contributed by atoms with Crippen molar-refractivity contribution in [2.75, 3.05) is 38.3 Å². The zero-order chi connectivity index (χ0) is 19.9. The summed E-state index contributed by atoms with van der Waals surface area (Å²) in [7, 11) is 1.55. The van der Waals surface area contributed by atoms with Gasteiger partial charge in [0.1, 0.15) is 6.54 Å². The molecule has 1 aliphatic rings. The van der Waals surface area contributed by atoms with Gasteiger partial charge in [0.25, 0.3) is 5.56 Å². The highest BCUT2D eigenvalue weighted by atomic mass is 35.5. The second-order valence-electron chi connectivity index (χ2n) is 6.41. The molecule has 1 N–H and O–H groups in total. The maximum absolute atomic E-state index is 12.6. The Hall–Kier alpha value is -2.42. The summed E-state index contributed by atoms with van der Waals surface area (Å²) in [6.07, 6.45) is 0. The summed E-state index contributed by atoms with van der Waals surface area (Å²) < 4.78 is 11.9. The van der Waals surface area contributed by atoms with E-state index in [9.17, 15) is 9.59 Å². The number of nitrogens with zero attached hydrogens (tertiary/aromatic N) is 3. The van der Waals surface area contributed by atoms with Gasteiger partial charge >= 0.3 is 0 Å². The van der Waals surface area contributed by atoms with Crippen LogP contribution in [0.25, 0.3) is 0 Å². The van der Waals surface area contributed by atoms with E-state index in [-0.39, 0.29) is 24.6 Å². The van der Waals surface area contributed by atoms with E-state index in [0.29, 0.717) is 49.5 Å². The predicted molar refractivity (Wildman–Crippen MR) is 106 cm³/mol. The molecule has 150 valence electrons. The van der Waals surface area contributed by atoms with E-state index in [1.165, 1.54) is 10.6 Å². The zero-order valence-corrected chi connectivity index (χ0v) is 16.4. The number of benzene rings is 1. The van der Waals surface area contributed by atoms with Gasteiger partial charge in [-0.15, -0.1) is 0 Å². The smallest absolute Gasteiger partial charge is 0.255 e. The van der Waals surface area contributed by atoms with Crippen LogP contribution >= 0.6 is 11.6 Å². The lowest BCUT2D eigenvalue weighted by atomic mass is 10.2. The molecule has 0 atom stereocenters. The maximum Gasteiger partial charge on any atom is 0.255 e. The lowest BCUT2D eigenvalue weighted by Gasteiger charge is -2.29. The Bertz CT molecular complexity index is 880. The summed E-state index contributed by atoms with van der Waals surface area (Å²) in [6.45, 7) is 2.74. The van der Waals surface area contributed by atoms with E-state index in [1.807, 2.05) is 17.0 Å². The first kappa shape index (κ1) is 20.3. The molecule has 0 unspecified atom stereocenters. The topological polar surface area (TPSA) is 85.7 Å². The number of methoxy groups -OCH3 is 1. The normalized spacial score (nSPS) is 14.1. The monoisotopic (exact) mass is 406 g/mol. The van der Waals surface area contributed by atoms with Gasteiger partial charge < -0.3 is 19.7 Å². The first-order valence-corrected chi connectivity index (χ1v) is 9.38. The summed E-state index contributed by atoms with van der Waals surface area (Å²) in [4.78, 5) is 31.6. The second kappa shape index (κ2) is 9.68. The van der Waals surface area contributed by atoms with Crippen LogP contribution in [0.2, 0.25) is 5.02 Å². The molecule has 28 heavy (non-hydrogen) atoms. The molecule has 0 saturated carbocycles. The molecule has 2 heterocycles. The predicted octanol–water partition coefficient (Wildman–Crippen LogP) is 1.20. The molecule has 8 nitrogen and oxygen atoms in total. The Labute approximate surface area is 168 Å². The number of carbonyl (C=O) groups is 1. The number of carbonyl (C=O) groups excluding carboxylic acids is 1. The largest absolute Gasteiger partial charge is 0.378 e. The van der Waals surface area contributed by atoms with Gasteiger partial charge in [-0.3, -0.25) is 14.2 Å². The van der Waals surface area contributed by atoms with Crippen LogP contribution in [-0.4, -0.2) is 48.9 Å². The number of morpholine rings is 1. The quantitative estimate of drug-likeness (QED) is 0.743. The van der Waals surface area contributed by atoms with E-state index in [0.717, 1.165) is 5.56 Å². The van der Waals surface area contributed by atoms with Crippen molar-refractivity contribution in [3.05, 3.63) is 57.0 Å². The fraction of sp³-hybridized carbons (Fsp3) is 0.421. The number of nitrogens with one attached hydrogen (secondary N) is 1. The van der Waals surface area contributed by atoms with Gasteiger partial charge in [-0.2, -0.15) is 0 Å². The zero-order valence-electron chi connectivity index (χ0n) is 15.7. The van der Waals surface area contributed by atoms with Gasteiger partial charge in [-0.25, -0.2) is 4.98 Å². The van der Waals surface area contributed by atoms with Crippen molar-refractivity contribution in [3.8, 4) is 0 Å². The average molecular weight is 407 g/mol. The van der Waals surface area contributed by atoms with E-state index >= 15 is 0 Å². The molecule has 1 saturated heterocycles. The molecular formula is C19H23ClN4O4. The van der Waals surface area contributed by atoms with E-state index < -0.39 is 0 Å². The van der Waals surface area contributed by atoms with Crippen LogP contribution < -0.4 is 15.8 Å². The van der Waals surface area contributed by atoms with Crippen molar-refractivity contribution in [3.63, 3.8) is 0 Å². The van der Waals surface area contributed by atoms with Crippen molar-refractivity contribution in [1.29, 1.82) is 0 Å². The molecule has 1 fully saturated rings. The Balaban J connectivity index is 1.77. The van der Waals surface area contributed by atoms with E-state index in [2.05, 4.69) is 10.3 Å². The number of anilines is 1. The third-order valence-corrected chi connectivity index (χ3v) is 4.54. The maximum atomic E-state index is 12.6. The van der Waals surface area contributed by atoms with Crippen molar-refractivity contribution in [1.82, 2.24) is 14.9 Å². The van der Waals surface area contributed by atoms with Gasteiger partial charge in [0.2, 0.25) is 11.9 Å².